The molecule has 10 unspecified atom stereocenters. The molecule has 86 heavy (non-hydrogen) atoms. The molecule has 474 valence electrons. The zero-order valence-corrected chi connectivity index (χ0v) is 52.4. The van der Waals surface area contributed by atoms with Gasteiger partial charge in [-0.1, -0.05) is 198 Å². The van der Waals surface area contributed by atoms with Gasteiger partial charge in [0.2, 0.25) is 0 Å². The standard InChI is InChI=1S/C14H20NO4P.C12H18NO4P.C11H16NO4P.C10H14NO4P.C9H12NO4P/c16-14(17)13(11-7-3-1-4-8-11)15-20(18,19)12-9-5-2-6-10-12;1-2-3-9-18(16,17)13-11(12(14)15)10-7-5-4-6-8-10;1-2-8-17(15,16)12-10(11(13)14)9-6-4-3-5-7-9;1-2-16(14,15)11-9(10(12)13)8-6-4-3-5-7-8;1-15(13,14)10-8(9(11)12)7-5-3-2-4-6-7/h1,3-4,7-8,12-13H,2,5-6,9-10H2,(H,16,17)(H2,15,18,19);4-8,11H,2-3,9H2,1H3,(H,14,15)(H2,13,16,17);3-7,10H,2,8H2,1H3,(H,13,14)(H2,12,15,16);3-7,9H,2H2,1H3,(H,12,13)(H2,11,14,15);2-6,8H,1H3,(H,11,12)(H2,10,13,14). The van der Waals surface area contributed by atoms with Crippen LogP contribution in [0.2, 0.25) is 0 Å². The Hall–Kier alpha value is -5.80. The topological polar surface area (TPSA) is 433 Å². The number of nitrogens with one attached hydrogen (secondary N) is 5. The van der Waals surface area contributed by atoms with E-state index in [2.05, 4.69) is 25.4 Å². The predicted octanol–water partition coefficient (Wildman–Crippen LogP) is 10.1. The van der Waals surface area contributed by atoms with Gasteiger partial charge in [0.05, 0.1) is 0 Å². The maximum atomic E-state index is 12.4. The fourth-order valence-corrected chi connectivity index (χ4v) is 14.5. The first-order chi connectivity index (χ1) is 40.3. The summed E-state index contributed by atoms with van der Waals surface area (Å²) in [4.78, 5) is 103. The van der Waals surface area contributed by atoms with E-state index in [9.17, 15) is 71.5 Å². The van der Waals surface area contributed by atoms with Crippen LogP contribution >= 0.6 is 37.6 Å². The van der Waals surface area contributed by atoms with Gasteiger partial charge in [-0.2, -0.15) is 0 Å². The van der Waals surface area contributed by atoms with E-state index in [0.29, 0.717) is 53.5 Å². The Bertz CT molecular complexity index is 3110. The van der Waals surface area contributed by atoms with Gasteiger partial charge < -0.3 is 50.0 Å². The van der Waals surface area contributed by atoms with Gasteiger partial charge in [-0.3, -0.25) is 46.8 Å². The number of carboxylic acids is 5. The number of hydrogen-bond donors (Lipinski definition) is 15. The predicted molar refractivity (Wildman–Crippen MR) is 327 cm³/mol. The smallest absolute Gasteiger partial charge is 0.325 e. The van der Waals surface area contributed by atoms with Crippen molar-refractivity contribution in [2.45, 2.75) is 108 Å². The second-order valence-corrected chi connectivity index (χ2v) is 30.3. The van der Waals surface area contributed by atoms with Crippen LogP contribution in [0.1, 0.15) is 130 Å². The Morgan fingerprint density at radius 3 is 0.919 bits per heavy atom. The minimum absolute atomic E-state index is 0.0103. The Morgan fingerprint density at radius 2 is 0.663 bits per heavy atom. The molecular weight excluding hydrogens is 1220 g/mol. The average molecular weight is 1300 g/mol. The molecule has 5 aromatic rings. The second-order valence-electron chi connectivity index (χ2n) is 19.6. The van der Waals surface area contributed by atoms with Crippen molar-refractivity contribution in [2.75, 3.05) is 25.2 Å². The normalized spacial score (nSPS) is 17.4. The van der Waals surface area contributed by atoms with Crippen molar-refractivity contribution in [3.63, 3.8) is 0 Å². The zero-order valence-electron chi connectivity index (χ0n) is 48.0. The maximum absolute atomic E-state index is 12.4. The van der Waals surface area contributed by atoms with Gasteiger partial charge >= 0.3 is 29.8 Å². The van der Waals surface area contributed by atoms with Gasteiger partial charge in [0.15, 0.2) is 0 Å². The van der Waals surface area contributed by atoms with Gasteiger partial charge in [-0.15, -0.1) is 0 Å². The third-order valence-corrected chi connectivity index (χ3v) is 20.1. The summed E-state index contributed by atoms with van der Waals surface area (Å²) in [5, 5.41) is 57.0. The van der Waals surface area contributed by atoms with Crippen LogP contribution in [0.3, 0.4) is 0 Å². The Morgan fingerprint density at radius 1 is 0.395 bits per heavy atom. The number of benzene rings is 5. The molecule has 1 fully saturated rings. The lowest BCUT2D eigenvalue weighted by molar-refractivity contribution is -0.140. The Labute approximate surface area is 500 Å². The summed E-state index contributed by atoms with van der Waals surface area (Å²) in [6.07, 6.45) is 6.33. The highest BCUT2D eigenvalue weighted by Crippen LogP contribution is 2.50. The first-order valence-corrected chi connectivity index (χ1v) is 36.5. The van der Waals surface area contributed by atoms with Crippen molar-refractivity contribution in [3.8, 4) is 0 Å². The molecule has 0 heterocycles. The first-order valence-electron chi connectivity index (χ1n) is 27.1. The second kappa shape index (κ2) is 37.8. The van der Waals surface area contributed by atoms with E-state index in [0.717, 1.165) is 32.3 Å². The molecule has 10 atom stereocenters. The molecule has 25 nitrogen and oxygen atoms in total. The summed E-state index contributed by atoms with van der Waals surface area (Å²) >= 11 is 0. The molecule has 0 amide bonds. The van der Waals surface area contributed by atoms with E-state index < -0.39 is 97.7 Å². The fourth-order valence-electron chi connectivity index (χ4n) is 8.05. The van der Waals surface area contributed by atoms with Crippen LogP contribution in [0.25, 0.3) is 0 Å². The van der Waals surface area contributed by atoms with Crippen LogP contribution < -0.4 is 25.4 Å². The van der Waals surface area contributed by atoms with Crippen molar-refractivity contribution < 1.29 is 96.8 Å². The van der Waals surface area contributed by atoms with Crippen LogP contribution in [0, 0.1) is 0 Å². The van der Waals surface area contributed by atoms with Gasteiger partial charge in [0, 0.05) is 30.8 Å². The number of carboxylic acid groups (broad SMARTS) is 5. The third-order valence-electron chi connectivity index (χ3n) is 12.4. The molecule has 0 saturated heterocycles. The van der Waals surface area contributed by atoms with E-state index >= 15 is 0 Å². The quantitative estimate of drug-likeness (QED) is 0.0217. The summed E-state index contributed by atoms with van der Waals surface area (Å²) in [6.45, 7) is 6.26. The van der Waals surface area contributed by atoms with Gasteiger partial charge in [0.25, 0.3) is 37.6 Å². The summed E-state index contributed by atoms with van der Waals surface area (Å²) in [5.41, 5.74) is 1.99. The minimum Gasteiger partial charge on any atom is -0.480 e. The van der Waals surface area contributed by atoms with Gasteiger partial charge in [-0.05, 0) is 53.5 Å². The lowest BCUT2D eigenvalue weighted by Gasteiger charge is -2.29. The zero-order chi connectivity index (χ0) is 64.7. The highest BCUT2D eigenvalue weighted by Gasteiger charge is 2.37. The van der Waals surface area contributed by atoms with E-state index in [1.807, 2.05) is 6.92 Å². The molecule has 0 spiro atoms. The van der Waals surface area contributed by atoms with Gasteiger partial charge in [0.1, 0.15) is 30.2 Å². The molecule has 1 aliphatic rings. The number of carbonyl (C=O) groups is 5. The van der Waals surface area contributed by atoms with E-state index in [-0.39, 0.29) is 24.1 Å². The fraction of sp³-hybridized carbons (Fsp3) is 0.375. The molecule has 0 aromatic heterocycles. The molecule has 30 heteroatoms. The van der Waals surface area contributed by atoms with Crippen molar-refractivity contribution in [1.82, 2.24) is 25.4 Å². The summed E-state index contributed by atoms with van der Waals surface area (Å²) in [6, 6.07) is 36.0. The van der Waals surface area contributed by atoms with E-state index in [4.69, 9.17) is 25.3 Å². The summed E-state index contributed by atoms with van der Waals surface area (Å²) in [7, 11) is -18.0. The Kier molecular flexibility index (Phi) is 33.5. The maximum Gasteiger partial charge on any atom is 0.325 e. The molecule has 5 aromatic carbocycles. The molecule has 1 saturated carbocycles. The molecule has 0 aliphatic heterocycles. The van der Waals surface area contributed by atoms with Crippen molar-refractivity contribution >= 4 is 67.4 Å². The van der Waals surface area contributed by atoms with Crippen LogP contribution in [-0.2, 0) is 46.8 Å². The molecule has 6 rings (SSSR count). The largest absolute Gasteiger partial charge is 0.480 e. The van der Waals surface area contributed by atoms with Crippen LogP contribution in [-0.4, -0.2) is 111 Å². The first kappa shape index (κ1) is 76.3. The SMILES string of the molecule is CCCCP(=O)(O)NC(C(=O)O)c1ccccc1.CCCP(=O)(O)NC(C(=O)O)c1ccccc1.CCP(=O)(O)NC(C(=O)O)c1ccccc1.CP(=O)(O)NC(C(=O)O)c1ccccc1.O=C(O)C(NP(=O)(O)C1CCCCC1)c1ccccc1. The molecule has 0 bridgehead atoms. The summed E-state index contributed by atoms with van der Waals surface area (Å²) < 4.78 is 58.5. The number of rotatable bonds is 27. The van der Waals surface area contributed by atoms with Crippen LogP contribution in [0.15, 0.2) is 152 Å². The van der Waals surface area contributed by atoms with Crippen molar-refractivity contribution in [1.29, 1.82) is 0 Å². The van der Waals surface area contributed by atoms with Crippen LogP contribution in [0.5, 0.6) is 0 Å². The molecule has 15 N–H and O–H groups in total. The highest BCUT2D eigenvalue weighted by molar-refractivity contribution is 7.57. The highest BCUT2D eigenvalue weighted by atomic mass is 31.2. The third kappa shape index (κ3) is 29.7. The van der Waals surface area contributed by atoms with Crippen molar-refractivity contribution in [2.24, 2.45) is 0 Å². The monoisotopic (exact) mass is 1300 g/mol. The Balaban J connectivity index is 0.000000368. The molecule has 1 aliphatic carbocycles. The van der Waals surface area contributed by atoms with E-state index in [1.54, 1.807) is 159 Å². The van der Waals surface area contributed by atoms with Gasteiger partial charge in [-0.25, -0.2) is 25.4 Å². The van der Waals surface area contributed by atoms with E-state index in [1.165, 1.54) is 6.92 Å². The number of aliphatic carboxylic acids is 5. The minimum atomic E-state index is -3.67. The van der Waals surface area contributed by atoms with Crippen LogP contribution in [0.4, 0.5) is 0 Å². The summed E-state index contributed by atoms with van der Waals surface area (Å²) in [5.74, 6) is -5.82. The van der Waals surface area contributed by atoms with Crippen molar-refractivity contribution in [3.05, 3.63) is 179 Å². The molecular formula is C56H80N5O20P5. The average Bonchev–Trinajstić information content (AvgIpc) is 2.77. The number of unbranched alkanes of at least 4 members (excludes halogenated alkanes) is 1. The number of hydrogen-bond acceptors (Lipinski definition) is 10. The lowest BCUT2D eigenvalue weighted by Crippen LogP contribution is -2.30. The molecule has 0 radical (unpaired) electrons. The lowest BCUT2D eigenvalue weighted by atomic mass is 10.0.